The van der Waals surface area contributed by atoms with Crippen LogP contribution in [0.1, 0.15) is 41.4 Å². The van der Waals surface area contributed by atoms with Crippen LogP contribution in [0.4, 0.5) is 5.82 Å². The van der Waals surface area contributed by atoms with Crippen LogP contribution >= 0.6 is 0 Å². The Morgan fingerprint density at radius 2 is 2.15 bits per heavy atom. The molecule has 3 aromatic rings. The number of rotatable bonds is 5. The lowest BCUT2D eigenvalue weighted by molar-refractivity contribution is 0.198. The van der Waals surface area contributed by atoms with E-state index in [-0.39, 0.29) is 0 Å². The first-order valence-electron chi connectivity index (χ1n) is 9.52. The number of hydrogen-bond donors (Lipinski definition) is 1. The molecule has 4 heterocycles. The minimum absolute atomic E-state index is 0.393. The van der Waals surface area contributed by atoms with Gasteiger partial charge in [-0.3, -0.25) is 9.58 Å². The maximum absolute atomic E-state index is 6.21. The van der Waals surface area contributed by atoms with Crippen LogP contribution in [0.25, 0.3) is 5.65 Å². The number of aryl methyl sites for hydroxylation is 2. The number of allylic oxidation sites excluding steroid dienone is 1. The Morgan fingerprint density at radius 3 is 2.96 bits per heavy atom. The van der Waals surface area contributed by atoms with Crippen molar-refractivity contribution >= 4 is 11.5 Å². The molecule has 1 aliphatic heterocycles. The molecule has 0 radical (unpaired) electrons. The van der Waals surface area contributed by atoms with Crippen molar-refractivity contribution < 1.29 is 0 Å². The fourth-order valence-electron chi connectivity index (χ4n) is 3.96. The third kappa shape index (κ3) is 3.60. The maximum atomic E-state index is 6.21. The van der Waals surface area contributed by atoms with Crippen molar-refractivity contribution in [1.82, 2.24) is 29.3 Å². The van der Waals surface area contributed by atoms with Crippen molar-refractivity contribution in [3.05, 3.63) is 53.6 Å². The van der Waals surface area contributed by atoms with Crippen LogP contribution in [0.3, 0.4) is 0 Å². The van der Waals surface area contributed by atoms with E-state index in [0.29, 0.717) is 11.7 Å². The van der Waals surface area contributed by atoms with Crippen LogP contribution < -0.4 is 5.73 Å². The molecule has 7 heteroatoms. The van der Waals surface area contributed by atoms with Crippen molar-refractivity contribution in [3.8, 4) is 0 Å². The predicted molar refractivity (Wildman–Crippen MR) is 107 cm³/mol. The van der Waals surface area contributed by atoms with E-state index < -0.39 is 0 Å². The minimum atomic E-state index is 0.393. The molecule has 0 amide bonds. The number of anilines is 1. The zero-order valence-electron chi connectivity index (χ0n) is 16.1. The van der Waals surface area contributed by atoms with Gasteiger partial charge in [0.1, 0.15) is 5.82 Å². The maximum Gasteiger partial charge on any atom is 0.157 e. The Kier molecular flexibility index (Phi) is 4.70. The first-order valence-corrected chi connectivity index (χ1v) is 9.52. The monoisotopic (exact) mass is 365 g/mol. The number of nitrogens with zero attached hydrogens (tertiary/aromatic N) is 6. The number of nitrogen functional groups attached to an aromatic ring is 1. The van der Waals surface area contributed by atoms with Crippen LogP contribution in [-0.2, 0) is 13.1 Å². The quantitative estimate of drug-likeness (QED) is 0.704. The zero-order valence-corrected chi connectivity index (χ0v) is 16.1. The van der Waals surface area contributed by atoms with E-state index in [9.17, 15) is 0 Å². The lowest BCUT2D eigenvalue weighted by atomic mass is 9.94. The van der Waals surface area contributed by atoms with Crippen LogP contribution in [-0.4, -0.2) is 42.4 Å². The Bertz CT molecular complexity index is 968. The number of hydrogen-bond acceptors (Lipinski definition) is 5. The van der Waals surface area contributed by atoms with Crippen molar-refractivity contribution in [3.63, 3.8) is 0 Å². The Hall–Kier alpha value is -2.67. The molecule has 0 spiro atoms. The van der Waals surface area contributed by atoms with E-state index in [1.54, 1.807) is 4.52 Å². The van der Waals surface area contributed by atoms with Gasteiger partial charge in [0.25, 0.3) is 0 Å². The second-order valence-corrected chi connectivity index (χ2v) is 7.49. The summed E-state index contributed by atoms with van der Waals surface area (Å²) in [6.07, 6.45) is 6.31. The first kappa shape index (κ1) is 17.7. The van der Waals surface area contributed by atoms with Crippen LogP contribution in [0.15, 0.2) is 31.0 Å². The summed E-state index contributed by atoms with van der Waals surface area (Å²) in [5.74, 6) is 1.05. The average molecular weight is 365 g/mol. The third-order valence-electron chi connectivity index (χ3n) is 5.28. The van der Waals surface area contributed by atoms with Gasteiger partial charge in [0.15, 0.2) is 5.65 Å². The molecular formula is C20H27N7. The number of likely N-dealkylation sites (tertiary alicyclic amines) is 1. The SMILES string of the molecule is C=CCn1cc(CN2CCCC(c3cc(N)n4nc(C)cc4n3)C2)c(C)n1. The van der Waals surface area contributed by atoms with Gasteiger partial charge in [-0.1, -0.05) is 6.08 Å². The normalized spacial score (nSPS) is 18.2. The van der Waals surface area contributed by atoms with Crippen molar-refractivity contribution in [2.75, 3.05) is 18.8 Å². The largest absolute Gasteiger partial charge is 0.384 e. The second kappa shape index (κ2) is 7.15. The molecule has 1 aliphatic rings. The molecule has 27 heavy (non-hydrogen) atoms. The van der Waals surface area contributed by atoms with Gasteiger partial charge in [-0.15, -0.1) is 6.58 Å². The number of nitrogens with two attached hydrogens (primary N) is 1. The second-order valence-electron chi connectivity index (χ2n) is 7.49. The molecule has 7 nitrogen and oxygen atoms in total. The Balaban J connectivity index is 1.52. The highest BCUT2D eigenvalue weighted by Gasteiger charge is 2.24. The van der Waals surface area contributed by atoms with Crippen molar-refractivity contribution in [2.45, 2.75) is 45.7 Å². The van der Waals surface area contributed by atoms with Gasteiger partial charge in [0.2, 0.25) is 0 Å². The minimum Gasteiger partial charge on any atom is -0.384 e. The van der Waals surface area contributed by atoms with Gasteiger partial charge in [-0.2, -0.15) is 14.7 Å². The van der Waals surface area contributed by atoms with E-state index in [2.05, 4.69) is 34.8 Å². The van der Waals surface area contributed by atoms with Crippen LogP contribution in [0.2, 0.25) is 0 Å². The molecule has 142 valence electrons. The van der Waals surface area contributed by atoms with Crippen LogP contribution in [0.5, 0.6) is 0 Å². The van der Waals surface area contributed by atoms with Gasteiger partial charge < -0.3 is 5.73 Å². The van der Waals surface area contributed by atoms with E-state index in [1.165, 1.54) is 5.56 Å². The molecule has 4 rings (SSSR count). The summed E-state index contributed by atoms with van der Waals surface area (Å²) in [7, 11) is 0. The predicted octanol–water partition coefficient (Wildman–Crippen LogP) is 2.69. The lowest BCUT2D eigenvalue weighted by Gasteiger charge is -2.32. The first-order chi connectivity index (χ1) is 13.0. The molecular weight excluding hydrogens is 338 g/mol. The van der Waals surface area contributed by atoms with E-state index in [4.69, 9.17) is 10.7 Å². The molecule has 1 saturated heterocycles. The highest BCUT2D eigenvalue weighted by Crippen LogP contribution is 2.28. The summed E-state index contributed by atoms with van der Waals surface area (Å²) in [5.41, 5.74) is 11.4. The van der Waals surface area contributed by atoms with Crippen molar-refractivity contribution in [1.29, 1.82) is 0 Å². The smallest absolute Gasteiger partial charge is 0.157 e. The molecule has 1 fully saturated rings. The molecule has 1 atom stereocenters. The van der Waals surface area contributed by atoms with Crippen molar-refractivity contribution in [2.24, 2.45) is 0 Å². The Labute approximate surface area is 159 Å². The summed E-state index contributed by atoms with van der Waals surface area (Å²) in [6.45, 7) is 11.6. The fourth-order valence-corrected chi connectivity index (χ4v) is 3.96. The van der Waals surface area contributed by atoms with Gasteiger partial charge in [-0.25, -0.2) is 4.98 Å². The van der Waals surface area contributed by atoms with Gasteiger partial charge in [-0.05, 0) is 33.2 Å². The number of aromatic nitrogens is 5. The van der Waals surface area contributed by atoms with Gasteiger partial charge >= 0.3 is 0 Å². The van der Waals surface area contributed by atoms with E-state index >= 15 is 0 Å². The summed E-state index contributed by atoms with van der Waals surface area (Å²) in [4.78, 5) is 7.33. The van der Waals surface area contributed by atoms with Gasteiger partial charge in [0, 0.05) is 42.9 Å². The fraction of sp³-hybridized carbons (Fsp3) is 0.450. The summed E-state index contributed by atoms with van der Waals surface area (Å²) in [5, 5.41) is 8.97. The topological polar surface area (TPSA) is 77.3 Å². The lowest BCUT2D eigenvalue weighted by Crippen LogP contribution is -2.34. The summed E-state index contributed by atoms with van der Waals surface area (Å²) >= 11 is 0. The summed E-state index contributed by atoms with van der Waals surface area (Å²) in [6, 6.07) is 3.97. The van der Waals surface area contributed by atoms with Gasteiger partial charge in [0.05, 0.1) is 23.6 Å². The number of fused-ring (bicyclic) bond motifs is 1. The highest BCUT2D eigenvalue weighted by atomic mass is 15.3. The Morgan fingerprint density at radius 1 is 1.30 bits per heavy atom. The molecule has 0 aromatic carbocycles. The van der Waals surface area contributed by atoms with E-state index in [0.717, 1.165) is 61.7 Å². The average Bonchev–Trinajstić information content (AvgIpc) is 3.18. The highest BCUT2D eigenvalue weighted by molar-refractivity contribution is 5.48. The zero-order chi connectivity index (χ0) is 19.0. The molecule has 3 aromatic heterocycles. The number of piperidine rings is 1. The summed E-state index contributed by atoms with van der Waals surface area (Å²) < 4.78 is 3.67. The standard InChI is InChI=1S/C20H27N7/c1-4-7-26-13-17(15(3)24-26)12-25-8-5-6-16(11-25)18-10-19(21)27-20(22-18)9-14(2)23-27/h4,9-10,13,16H,1,5-8,11-12,21H2,2-3H3. The molecule has 2 N–H and O–H groups in total. The van der Waals surface area contributed by atoms with Crippen LogP contribution in [0, 0.1) is 13.8 Å². The third-order valence-corrected chi connectivity index (χ3v) is 5.28. The van der Waals surface area contributed by atoms with E-state index in [1.807, 2.05) is 29.8 Å². The molecule has 0 aliphatic carbocycles. The molecule has 0 saturated carbocycles. The molecule has 1 unspecified atom stereocenters. The molecule has 0 bridgehead atoms.